The fraction of sp³-hybridized carbons (Fsp3) is 0.471. The molecule has 0 saturated heterocycles. The summed E-state index contributed by atoms with van der Waals surface area (Å²) in [5.41, 5.74) is 1.23. The topological polar surface area (TPSA) is 48.3 Å². The zero-order valence-corrected chi connectivity index (χ0v) is 13.2. The molecule has 0 unspecified atom stereocenters. The number of rotatable bonds is 7. The minimum absolute atomic E-state index is 0.310. The minimum atomic E-state index is 0.310. The SMILES string of the molecule is Cc1nccn1CCCCN[C@@H](C)c1ccc2c(c1)OCO2. The number of nitrogens with zero attached hydrogens (tertiary/aromatic N) is 2. The first kappa shape index (κ1) is 14.9. The number of hydrogen-bond donors (Lipinski definition) is 1. The third-order valence-electron chi connectivity index (χ3n) is 4.10. The molecule has 1 aromatic heterocycles. The first-order valence-corrected chi connectivity index (χ1v) is 7.85. The van der Waals surface area contributed by atoms with Crippen LogP contribution in [0, 0.1) is 6.92 Å². The van der Waals surface area contributed by atoms with Crippen molar-refractivity contribution in [1.29, 1.82) is 0 Å². The van der Waals surface area contributed by atoms with Crippen LogP contribution in [-0.4, -0.2) is 22.9 Å². The molecule has 0 radical (unpaired) electrons. The van der Waals surface area contributed by atoms with Crippen LogP contribution in [0.1, 0.15) is 37.2 Å². The zero-order valence-electron chi connectivity index (χ0n) is 13.2. The van der Waals surface area contributed by atoms with Gasteiger partial charge in [0.25, 0.3) is 0 Å². The maximum absolute atomic E-state index is 5.43. The normalized spacial score (nSPS) is 14.3. The van der Waals surface area contributed by atoms with Gasteiger partial charge in [0.1, 0.15) is 5.82 Å². The van der Waals surface area contributed by atoms with Gasteiger partial charge in [-0.25, -0.2) is 4.98 Å². The number of aryl methyl sites for hydroxylation is 2. The Bertz CT molecular complexity index is 624. The molecule has 118 valence electrons. The molecule has 1 aromatic carbocycles. The lowest BCUT2D eigenvalue weighted by atomic mass is 10.1. The highest BCUT2D eigenvalue weighted by molar-refractivity contribution is 5.45. The van der Waals surface area contributed by atoms with Crippen molar-refractivity contribution >= 4 is 0 Å². The number of nitrogens with one attached hydrogen (secondary N) is 1. The van der Waals surface area contributed by atoms with Crippen molar-refractivity contribution in [1.82, 2.24) is 14.9 Å². The van der Waals surface area contributed by atoms with E-state index < -0.39 is 0 Å². The lowest BCUT2D eigenvalue weighted by Crippen LogP contribution is -2.20. The monoisotopic (exact) mass is 301 g/mol. The second-order valence-electron chi connectivity index (χ2n) is 5.66. The van der Waals surface area contributed by atoms with Gasteiger partial charge in [0.05, 0.1) is 0 Å². The van der Waals surface area contributed by atoms with E-state index in [1.807, 2.05) is 25.4 Å². The summed E-state index contributed by atoms with van der Waals surface area (Å²) in [4.78, 5) is 4.24. The predicted molar refractivity (Wildman–Crippen MR) is 85.2 cm³/mol. The van der Waals surface area contributed by atoms with E-state index >= 15 is 0 Å². The third-order valence-corrected chi connectivity index (χ3v) is 4.10. The van der Waals surface area contributed by atoms with Crippen molar-refractivity contribution in [2.24, 2.45) is 0 Å². The van der Waals surface area contributed by atoms with E-state index in [4.69, 9.17) is 9.47 Å². The fourth-order valence-corrected chi connectivity index (χ4v) is 2.67. The van der Waals surface area contributed by atoms with Gasteiger partial charge in [0, 0.05) is 25.0 Å². The fourth-order valence-electron chi connectivity index (χ4n) is 2.67. The van der Waals surface area contributed by atoms with Crippen LogP contribution in [0.5, 0.6) is 11.5 Å². The molecule has 2 heterocycles. The number of fused-ring (bicyclic) bond motifs is 1. The van der Waals surface area contributed by atoms with E-state index in [1.165, 1.54) is 5.56 Å². The van der Waals surface area contributed by atoms with E-state index in [0.717, 1.165) is 43.3 Å². The van der Waals surface area contributed by atoms with Crippen molar-refractivity contribution < 1.29 is 9.47 Å². The molecule has 1 N–H and O–H groups in total. The Kier molecular flexibility index (Phi) is 4.63. The summed E-state index contributed by atoms with van der Waals surface area (Å²) in [6.45, 7) is 6.58. The highest BCUT2D eigenvalue weighted by Gasteiger charge is 2.15. The molecule has 0 amide bonds. The summed E-state index contributed by atoms with van der Waals surface area (Å²) in [6, 6.07) is 6.46. The molecular weight excluding hydrogens is 278 g/mol. The Morgan fingerprint density at radius 2 is 2.14 bits per heavy atom. The van der Waals surface area contributed by atoms with Gasteiger partial charge in [-0.15, -0.1) is 0 Å². The van der Waals surface area contributed by atoms with Gasteiger partial charge in [0.2, 0.25) is 6.79 Å². The molecule has 0 aliphatic carbocycles. The number of aromatic nitrogens is 2. The van der Waals surface area contributed by atoms with Crippen LogP contribution in [0.3, 0.4) is 0 Å². The molecular formula is C17H23N3O2. The lowest BCUT2D eigenvalue weighted by Gasteiger charge is -2.15. The minimum Gasteiger partial charge on any atom is -0.454 e. The smallest absolute Gasteiger partial charge is 0.231 e. The maximum Gasteiger partial charge on any atom is 0.231 e. The molecule has 2 aromatic rings. The van der Waals surface area contributed by atoms with E-state index in [0.29, 0.717) is 12.8 Å². The molecule has 1 aliphatic heterocycles. The van der Waals surface area contributed by atoms with Crippen LogP contribution in [0.25, 0.3) is 0 Å². The lowest BCUT2D eigenvalue weighted by molar-refractivity contribution is 0.174. The molecule has 22 heavy (non-hydrogen) atoms. The van der Waals surface area contributed by atoms with Gasteiger partial charge in [0.15, 0.2) is 11.5 Å². The van der Waals surface area contributed by atoms with Crippen molar-refractivity contribution in [3.8, 4) is 11.5 Å². The molecule has 3 rings (SSSR count). The molecule has 5 heteroatoms. The van der Waals surface area contributed by atoms with Gasteiger partial charge < -0.3 is 19.4 Å². The van der Waals surface area contributed by atoms with Gasteiger partial charge >= 0.3 is 0 Å². The average molecular weight is 301 g/mol. The standard InChI is InChI=1S/C17H23N3O2/c1-13(15-5-6-16-17(11-15)22-12-21-16)18-7-3-4-9-20-10-8-19-14(20)2/h5-6,8,10-11,13,18H,3-4,7,9,12H2,1-2H3/t13-/m0/s1. The van der Waals surface area contributed by atoms with Crippen LogP contribution in [0.4, 0.5) is 0 Å². The summed E-state index contributed by atoms with van der Waals surface area (Å²) in [5.74, 6) is 2.77. The second kappa shape index (κ2) is 6.83. The third kappa shape index (κ3) is 3.42. The molecule has 0 bridgehead atoms. The first-order valence-electron chi connectivity index (χ1n) is 7.85. The maximum atomic E-state index is 5.43. The van der Waals surface area contributed by atoms with E-state index in [1.54, 1.807) is 0 Å². The summed E-state index contributed by atoms with van der Waals surface area (Å²) in [5, 5.41) is 3.56. The first-order chi connectivity index (χ1) is 10.7. The van der Waals surface area contributed by atoms with Gasteiger partial charge in [-0.1, -0.05) is 6.07 Å². The molecule has 0 spiro atoms. The van der Waals surface area contributed by atoms with Gasteiger partial charge in [-0.05, 0) is 50.9 Å². The molecule has 0 fully saturated rings. The van der Waals surface area contributed by atoms with Crippen molar-refractivity contribution in [2.45, 2.75) is 39.3 Å². The highest BCUT2D eigenvalue weighted by atomic mass is 16.7. The Hall–Kier alpha value is -2.01. The second-order valence-corrected chi connectivity index (χ2v) is 5.66. The molecule has 0 saturated carbocycles. The van der Waals surface area contributed by atoms with Crippen LogP contribution < -0.4 is 14.8 Å². The Morgan fingerprint density at radius 1 is 1.27 bits per heavy atom. The van der Waals surface area contributed by atoms with E-state index in [2.05, 4.69) is 33.9 Å². The number of ether oxygens (including phenoxy) is 2. The van der Waals surface area contributed by atoms with Crippen molar-refractivity contribution in [3.63, 3.8) is 0 Å². The van der Waals surface area contributed by atoms with Gasteiger partial charge in [-0.3, -0.25) is 0 Å². The van der Waals surface area contributed by atoms with Crippen LogP contribution in [0.2, 0.25) is 0 Å². The zero-order chi connectivity index (χ0) is 15.4. The van der Waals surface area contributed by atoms with Gasteiger partial charge in [-0.2, -0.15) is 0 Å². The molecule has 5 nitrogen and oxygen atoms in total. The summed E-state index contributed by atoms with van der Waals surface area (Å²) in [7, 11) is 0. The Balaban J connectivity index is 1.41. The molecule has 1 aliphatic rings. The molecule has 1 atom stereocenters. The van der Waals surface area contributed by atoms with Crippen LogP contribution in [0.15, 0.2) is 30.6 Å². The van der Waals surface area contributed by atoms with Crippen molar-refractivity contribution in [3.05, 3.63) is 42.0 Å². The van der Waals surface area contributed by atoms with Crippen LogP contribution in [-0.2, 0) is 6.54 Å². The summed E-state index contributed by atoms with van der Waals surface area (Å²) in [6.07, 6.45) is 6.19. The number of hydrogen-bond acceptors (Lipinski definition) is 4. The van der Waals surface area contributed by atoms with E-state index in [-0.39, 0.29) is 0 Å². The Morgan fingerprint density at radius 3 is 2.95 bits per heavy atom. The number of unbranched alkanes of at least 4 members (excludes halogenated alkanes) is 1. The Labute approximate surface area is 131 Å². The summed E-state index contributed by atoms with van der Waals surface area (Å²) >= 11 is 0. The quantitative estimate of drug-likeness (QED) is 0.799. The predicted octanol–water partition coefficient (Wildman–Crippen LogP) is 3.05. The number of benzene rings is 1. The van der Waals surface area contributed by atoms with Crippen LogP contribution >= 0.6 is 0 Å². The average Bonchev–Trinajstić information content (AvgIpc) is 3.15. The van der Waals surface area contributed by atoms with E-state index in [9.17, 15) is 0 Å². The van der Waals surface area contributed by atoms with Crippen molar-refractivity contribution in [2.75, 3.05) is 13.3 Å². The largest absolute Gasteiger partial charge is 0.454 e. The highest BCUT2D eigenvalue weighted by Crippen LogP contribution is 2.34. The number of imidazole rings is 1. The summed E-state index contributed by atoms with van der Waals surface area (Å²) < 4.78 is 13.0.